The molecule has 4 atom stereocenters. The average Bonchev–Trinajstić information content (AvgIpc) is 2.11. The van der Waals surface area contributed by atoms with Crippen molar-refractivity contribution in [2.24, 2.45) is 0 Å². The third kappa shape index (κ3) is 4.80. The Balaban J connectivity index is 3.93. The van der Waals surface area contributed by atoms with Gasteiger partial charge in [-0.3, -0.25) is 0 Å². The molecule has 0 aliphatic rings. The number of thiol groups is 1. The summed E-state index contributed by atoms with van der Waals surface area (Å²) >= 11 is 3.84. The van der Waals surface area contributed by atoms with Gasteiger partial charge in [0.2, 0.25) is 0 Å². The Kier molecular flexibility index (Phi) is 6.66. The van der Waals surface area contributed by atoms with Crippen molar-refractivity contribution < 1.29 is 25.2 Å². The highest BCUT2D eigenvalue weighted by molar-refractivity contribution is 7.80. The molecule has 0 aromatic carbocycles. The highest BCUT2D eigenvalue weighted by Gasteiger charge is 2.22. The summed E-state index contributed by atoms with van der Waals surface area (Å²) in [5.41, 5.74) is -0.920. The lowest BCUT2D eigenvalue weighted by Crippen LogP contribution is -2.38. The lowest BCUT2D eigenvalue weighted by molar-refractivity contribution is -0.101. The van der Waals surface area contributed by atoms with Crippen LogP contribution in [0.3, 0.4) is 0 Å². The van der Waals surface area contributed by atoms with Crippen LogP contribution in [0.15, 0.2) is 0 Å². The van der Waals surface area contributed by atoms with Crippen LogP contribution in [-0.2, 0) is 4.74 Å². The van der Waals surface area contributed by atoms with Gasteiger partial charge in [-0.05, 0) is 6.92 Å². The largest absolute Gasteiger partial charge is 0.394 e. The zero-order valence-corrected chi connectivity index (χ0v) is 8.26. The van der Waals surface area contributed by atoms with Gasteiger partial charge in [-0.25, -0.2) is 0 Å². The molecule has 0 aliphatic carbocycles. The number of hydrogen-bond acceptors (Lipinski definition) is 6. The zero-order valence-electron chi connectivity index (χ0n) is 7.37. The van der Waals surface area contributed by atoms with Gasteiger partial charge in [-0.15, -0.1) is 12.6 Å². The summed E-state index contributed by atoms with van der Waals surface area (Å²) in [5, 5.41) is 35.4. The molecule has 0 spiro atoms. The molecular weight excluding hydrogens is 196 g/mol. The number of aliphatic hydroxyl groups excluding tert-OH is 4. The smallest absolute Gasteiger partial charge is 0.129 e. The van der Waals surface area contributed by atoms with Gasteiger partial charge in [-0.1, -0.05) is 0 Å². The van der Waals surface area contributed by atoms with Crippen molar-refractivity contribution in [1.82, 2.24) is 0 Å². The van der Waals surface area contributed by atoms with Crippen LogP contribution in [-0.4, -0.2) is 57.4 Å². The Morgan fingerprint density at radius 3 is 2.08 bits per heavy atom. The van der Waals surface area contributed by atoms with Crippen molar-refractivity contribution in [1.29, 1.82) is 0 Å². The van der Waals surface area contributed by atoms with Gasteiger partial charge in [0, 0.05) is 0 Å². The minimum atomic E-state index is -1.13. The predicted octanol–water partition coefficient (Wildman–Crippen LogP) is -1.65. The van der Waals surface area contributed by atoms with E-state index in [4.69, 9.17) is 25.2 Å². The topological polar surface area (TPSA) is 90.2 Å². The van der Waals surface area contributed by atoms with Crippen LogP contribution in [0.5, 0.6) is 0 Å². The van der Waals surface area contributed by atoms with Gasteiger partial charge in [0.1, 0.15) is 17.6 Å². The van der Waals surface area contributed by atoms with E-state index >= 15 is 0 Å². The molecule has 0 aromatic heterocycles. The van der Waals surface area contributed by atoms with Crippen LogP contribution >= 0.6 is 12.6 Å². The van der Waals surface area contributed by atoms with Gasteiger partial charge < -0.3 is 25.2 Å². The van der Waals surface area contributed by atoms with Crippen LogP contribution in [0.2, 0.25) is 0 Å². The van der Waals surface area contributed by atoms with Crippen LogP contribution in [0, 0.1) is 0 Å². The maximum absolute atomic E-state index is 9.05. The first-order valence-corrected chi connectivity index (χ1v) is 4.46. The second-order valence-electron chi connectivity index (χ2n) is 2.74. The fourth-order valence-corrected chi connectivity index (χ4v) is 0.920. The zero-order chi connectivity index (χ0) is 10.4. The molecule has 0 rings (SSSR count). The standard InChI is InChI=1S/C7H16O5S/c1-4(10)6(3-9)12-7(13)5(11)2-8/h4-11,13H,2-3H2,1H3/t4-,5-,6?,7-/m0/s1. The van der Waals surface area contributed by atoms with Crippen molar-refractivity contribution in [3.05, 3.63) is 0 Å². The third-order valence-corrected chi connectivity index (χ3v) is 2.01. The maximum atomic E-state index is 9.05. The Labute approximate surface area is 82.4 Å². The summed E-state index contributed by atoms with van der Waals surface area (Å²) in [4.78, 5) is 0. The van der Waals surface area contributed by atoms with E-state index in [0.29, 0.717) is 0 Å². The van der Waals surface area contributed by atoms with Gasteiger partial charge >= 0.3 is 0 Å². The molecule has 0 bridgehead atoms. The number of hydrogen-bond donors (Lipinski definition) is 5. The second-order valence-corrected chi connectivity index (χ2v) is 3.25. The van der Waals surface area contributed by atoms with Gasteiger partial charge in [0.15, 0.2) is 0 Å². The molecule has 1 unspecified atom stereocenters. The van der Waals surface area contributed by atoms with E-state index in [1.807, 2.05) is 0 Å². The van der Waals surface area contributed by atoms with Crippen LogP contribution in [0.1, 0.15) is 6.92 Å². The van der Waals surface area contributed by atoms with Crippen molar-refractivity contribution in [2.75, 3.05) is 13.2 Å². The monoisotopic (exact) mass is 212 g/mol. The minimum Gasteiger partial charge on any atom is -0.394 e. The number of rotatable bonds is 6. The highest BCUT2D eigenvalue weighted by Crippen LogP contribution is 2.09. The molecule has 0 heterocycles. The normalized spacial score (nSPS) is 20.8. The van der Waals surface area contributed by atoms with Crippen LogP contribution in [0.25, 0.3) is 0 Å². The lowest BCUT2D eigenvalue weighted by atomic mass is 10.2. The minimum absolute atomic E-state index is 0.368. The Hall–Kier alpha value is 0.150. The summed E-state index contributed by atoms with van der Waals surface area (Å²) in [6, 6.07) is 0. The first kappa shape index (κ1) is 13.2. The quantitative estimate of drug-likeness (QED) is 0.269. The molecule has 0 radical (unpaired) electrons. The fraction of sp³-hybridized carbons (Fsp3) is 1.00. The summed E-state index contributed by atoms with van der Waals surface area (Å²) in [5.74, 6) is 0. The van der Waals surface area contributed by atoms with Crippen molar-refractivity contribution in [3.63, 3.8) is 0 Å². The maximum Gasteiger partial charge on any atom is 0.129 e. The van der Waals surface area contributed by atoms with Gasteiger partial charge in [0.05, 0.1) is 19.3 Å². The van der Waals surface area contributed by atoms with E-state index in [2.05, 4.69) is 12.6 Å². The molecule has 6 heteroatoms. The number of aliphatic hydroxyl groups is 4. The first-order chi connectivity index (χ1) is 6.02. The highest BCUT2D eigenvalue weighted by atomic mass is 32.1. The van der Waals surface area contributed by atoms with Crippen molar-refractivity contribution in [3.8, 4) is 0 Å². The first-order valence-electron chi connectivity index (χ1n) is 3.94. The Morgan fingerprint density at radius 2 is 1.77 bits per heavy atom. The van der Waals surface area contributed by atoms with E-state index in [0.717, 1.165) is 0 Å². The SMILES string of the molecule is C[C@H](O)C(CO)O[C@@H](S)[C@@H](O)CO. The second kappa shape index (κ2) is 6.58. The van der Waals surface area contributed by atoms with Crippen LogP contribution in [0.4, 0.5) is 0 Å². The van der Waals surface area contributed by atoms with E-state index in [-0.39, 0.29) is 6.61 Å². The van der Waals surface area contributed by atoms with E-state index in [9.17, 15) is 0 Å². The summed E-state index contributed by atoms with van der Waals surface area (Å²) < 4.78 is 4.97. The lowest BCUT2D eigenvalue weighted by Gasteiger charge is -2.24. The molecule has 0 amide bonds. The third-order valence-electron chi connectivity index (χ3n) is 1.55. The van der Waals surface area contributed by atoms with Gasteiger partial charge in [-0.2, -0.15) is 0 Å². The predicted molar refractivity (Wildman–Crippen MR) is 49.5 cm³/mol. The molecule has 0 fully saturated rings. The van der Waals surface area contributed by atoms with Crippen molar-refractivity contribution >= 4 is 12.6 Å². The van der Waals surface area contributed by atoms with Crippen molar-refractivity contribution in [2.45, 2.75) is 30.7 Å². The summed E-state index contributed by atoms with van der Waals surface area (Å²) in [6.45, 7) is 0.603. The summed E-state index contributed by atoms with van der Waals surface area (Å²) in [6.07, 6.45) is -2.79. The molecule has 4 N–H and O–H groups in total. The molecule has 0 saturated heterocycles. The Bertz CT molecular complexity index is 132. The van der Waals surface area contributed by atoms with Crippen LogP contribution < -0.4 is 0 Å². The molecular formula is C7H16O5S. The molecule has 0 aromatic rings. The molecule has 5 nitrogen and oxygen atoms in total. The van der Waals surface area contributed by atoms with E-state index in [1.165, 1.54) is 6.92 Å². The molecule has 0 saturated carbocycles. The molecule has 80 valence electrons. The summed E-state index contributed by atoms with van der Waals surface area (Å²) in [7, 11) is 0. The van der Waals surface area contributed by atoms with E-state index in [1.54, 1.807) is 0 Å². The fourth-order valence-electron chi connectivity index (χ4n) is 0.669. The van der Waals surface area contributed by atoms with Gasteiger partial charge in [0.25, 0.3) is 0 Å². The molecule has 13 heavy (non-hydrogen) atoms. The Morgan fingerprint density at radius 1 is 1.23 bits per heavy atom. The average molecular weight is 212 g/mol. The molecule has 0 aliphatic heterocycles. The number of ether oxygens (including phenoxy) is 1. The van der Waals surface area contributed by atoms with E-state index < -0.39 is 30.4 Å².